The molecule has 6 heteroatoms. The highest BCUT2D eigenvalue weighted by Gasteiger charge is 2.28. The van der Waals surface area contributed by atoms with Gasteiger partial charge in [0.05, 0.1) is 6.04 Å². The molecule has 1 aromatic heterocycles. The molecule has 1 aliphatic rings. The minimum atomic E-state index is -0.398. The molecule has 3 N–H and O–H groups in total. The number of aromatic amines is 1. The molecule has 2 atom stereocenters. The summed E-state index contributed by atoms with van der Waals surface area (Å²) in [5.74, 6) is 0.484. The Morgan fingerprint density at radius 1 is 1.69 bits per heavy atom. The van der Waals surface area contributed by atoms with E-state index in [1.165, 1.54) is 0 Å². The molecule has 0 radical (unpaired) electrons. The van der Waals surface area contributed by atoms with E-state index in [0.717, 1.165) is 0 Å². The van der Waals surface area contributed by atoms with Crippen molar-refractivity contribution in [1.82, 2.24) is 20.6 Å². The van der Waals surface area contributed by atoms with Gasteiger partial charge in [-0.15, -0.1) is 0 Å². The lowest BCUT2D eigenvalue weighted by Gasteiger charge is -2.15. The van der Waals surface area contributed by atoms with Crippen LogP contribution in [-0.2, 0) is 9.59 Å². The molecule has 1 aliphatic heterocycles. The Kier molecular flexibility index (Phi) is 2.89. The topological polar surface area (TPSA) is 86.9 Å². The predicted molar refractivity (Wildman–Crippen MR) is 56.3 cm³/mol. The molecular formula is C10H14N4O2. The maximum absolute atomic E-state index is 11.7. The van der Waals surface area contributed by atoms with Crippen molar-refractivity contribution in [3.8, 4) is 0 Å². The number of imidazole rings is 1. The third kappa shape index (κ3) is 2.21. The highest BCUT2D eigenvalue weighted by atomic mass is 16.2. The minimum absolute atomic E-state index is 0.0641. The van der Waals surface area contributed by atoms with E-state index >= 15 is 0 Å². The highest BCUT2D eigenvalue weighted by Crippen LogP contribution is 2.10. The lowest BCUT2D eigenvalue weighted by atomic mass is 10.2. The number of aromatic nitrogens is 2. The SMILES string of the molecule is CC(NC(=O)C1CCC(=O)N1)c1ncc[nH]1. The van der Waals surface area contributed by atoms with Crippen molar-refractivity contribution < 1.29 is 9.59 Å². The number of hydrogen-bond acceptors (Lipinski definition) is 3. The van der Waals surface area contributed by atoms with Gasteiger partial charge in [-0.05, 0) is 13.3 Å². The summed E-state index contributed by atoms with van der Waals surface area (Å²) >= 11 is 0. The molecule has 0 aliphatic carbocycles. The van der Waals surface area contributed by atoms with Crippen LogP contribution in [-0.4, -0.2) is 27.8 Å². The third-order valence-electron chi connectivity index (χ3n) is 2.60. The molecule has 2 heterocycles. The second kappa shape index (κ2) is 4.34. The third-order valence-corrected chi connectivity index (χ3v) is 2.60. The van der Waals surface area contributed by atoms with Crippen LogP contribution in [0.4, 0.5) is 0 Å². The zero-order valence-corrected chi connectivity index (χ0v) is 8.99. The van der Waals surface area contributed by atoms with Crippen molar-refractivity contribution in [3.05, 3.63) is 18.2 Å². The second-order valence-corrected chi connectivity index (χ2v) is 3.86. The normalized spacial score (nSPS) is 21.6. The van der Waals surface area contributed by atoms with Gasteiger partial charge >= 0.3 is 0 Å². The number of hydrogen-bond donors (Lipinski definition) is 3. The quantitative estimate of drug-likeness (QED) is 0.665. The van der Waals surface area contributed by atoms with Gasteiger partial charge in [0.25, 0.3) is 0 Å². The van der Waals surface area contributed by atoms with Crippen molar-refractivity contribution in [2.45, 2.75) is 31.8 Å². The highest BCUT2D eigenvalue weighted by molar-refractivity contribution is 5.90. The van der Waals surface area contributed by atoms with Crippen LogP contribution in [0, 0.1) is 0 Å². The standard InChI is InChI=1S/C10H14N4O2/c1-6(9-11-4-5-12-9)13-10(16)7-2-3-8(15)14-7/h4-7H,2-3H2,1H3,(H,11,12)(H,13,16)(H,14,15). The fraction of sp³-hybridized carbons (Fsp3) is 0.500. The molecule has 0 spiro atoms. The number of H-pyrrole nitrogens is 1. The average molecular weight is 222 g/mol. The lowest BCUT2D eigenvalue weighted by molar-refractivity contribution is -0.126. The van der Waals surface area contributed by atoms with Gasteiger partial charge in [-0.25, -0.2) is 4.98 Å². The molecule has 16 heavy (non-hydrogen) atoms. The van der Waals surface area contributed by atoms with Crippen molar-refractivity contribution in [1.29, 1.82) is 0 Å². The monoisotopic (exact) mass is 222 g/mol. The van der Waals surface area contributed by atoms with Crippen LogP contribution in [0.2, 0.25) is 0 Å². The number of amides is 2. The second-order valence-electron chi connectivity index (χ2n) is 3.86. The Bertz CT molecular complexity index is 388. The summed E-state index contributed by atoms with van der Waals surface area (Å²) in [6, 6.07) is -0.579. The molecule has 0 aromatic carbocycles. The fourth-order valence-corrected chi connectivity index (χ4v) is 1.71. The maximum Gasteiger partial charge on any atom is 0.243 e. The van der Waals surface area contributed by atoms with Gasteiger partial charge in [0.1, 0.15) is 11.9 Å². The summed E-state index contributed by atoms with van der Waals surface area (Å²) in [5, 5.41) is 5.42. The summed E-state index contributed by atoms with van der Waals surface area (Å²) in [5.41, 5.74) is 0. The van der Waals surface area contributed by atoms with E-state index in [1.54, 1.807) is 12.4 Å². The van der Waals surface area contributed by atoms with Crippen molar-refractivity contribution in [2.75, 3.05) is 0 Å². The van der Waals surface area contributed by atoms with Crippen LogP contribution in [0.15, 0.2) is 12.4 Å². The van der Waals surface area contributed by atoms with Gasteiger partial charge < -0.3 is 15.6 Å². The maximum atomic E-state index is 11.7. The van der Waals surface area contributed by atoms with Gasteiger partial charge in [0.15, 0.2) is 0 Å². The van der Waals surface area contributed by atoms with E-state index in [1.807, 2.05) is 6.92 Å². The number of carbonyl (C=O) groups is 2. The van der Waals surface area contributed by atoms with Crippen LogP contribution in [0.3, 0.4) is 0 Å². The van der Waals surface area contributed by atoms with Crippen LogP contribution in [0.1, 0.15) is 31.6 Å². The minimum Gasteiger partial charge on any atom is -0.347 e. The fourth-order valence-electron chi connectivity index (χ4n) is 1.71. The predicted octanol–water partition coefficient (Wildman–Crippen LogP) is -0.135. The molecule has 2 rings (SSSR count). The van der Waals surface area contributed by atoms with Gasteiger partial charge in [-0.2, -0.15) is 0 Å². The van der Waals surface area contributed by atoms with Gasteiger partial charge in [0.2, 0.25) is 11.8 Å². The molecule has 1 saturated heterocycles. The summed E-state index contributed by atoms with van der Waals surface area (Å²) in [6.45, 7) is 1.84. The van der Waals surface area contributed by atoms with E-state index in [0.29, 0.717) is 18.7 Å². The number of nitrogens with one attached hydrogen (secondary N) is 3. The first-order valence-corrected chi connectivity index (χ1v) is 5.26. The summed E-state index contributed by atoms with van der Waals surface area (Å²) in [7, 11) is 0. The van der Waals surface area contributed by atoms with Crippen molar-refractivity contribution >= 4 is 11.8 Å². The number of carbonyl (C=O) groups excluding carboxylic acids is 2. The molecular weight excluding hydrogens is 208 g/mol. The Labute approximate surface area is 92.8 Å². The van der Waals surface area contributed by atoms with Gasteiger partial charge in [0, 0.05) is 18.8 Å². The molecule has 0 saturated carbocycles. The Morgan fingerprint density at radius 3 is 3.06 bits per heavy atom. The molecule has 1 fully saturated rings. The molecule has 6 nitrogen and oxygen atoms in total. The van der Waals surface area contributed by atoms with Crippen LogP contribution >= 0.6 is 0 Å². The molecule has 2 unspecified atom stereocenters. The van der Waals surface area contributed by atoms with E-state index in [2.05, 4.69) is 20.6 Å². The molecule has 1 aromatic rings. The van der Waals surface area contributed by atoms with E-state index in [4.69, 9.17) is 0 Å². The van der Waals surface area contributed by atoms with Crippen LogP contribution in [0.25, 0.3) is 0 Å². The molecule has 86 valence electrons. The van der Waals surface area contributed by atoms with Crippen molar-refractivity contribution in [2.24, 2.45) is 0 Å². The van der Waals surface area contributed by atoms with Crippen molar-refractivity contribution in [3.63, 3.8) is 0 Å². The van der Waals surface area contributed by atoms with Gasteiger partial charge in [-0.3, -0.25) is 9.59 Å². The Balaban J connectivity index is 1.90. The van der Waals surface area contributed by atoms with E-state index in [9.17, 15) is 9.59 Å². The first-order chi connectivity index (χ1) is 7.66. The lowest BCUT2D eigenvalue weighted by Crippen LogP contribution is -2.42. The first kappa shape index (κ1) is 10.7. The van der Waals surface area contributed by atoms with E-state index in [-0.39, 0.29) is 17.9 Å². The van der Waals surface area contributed by atoms with Gasteiger partial charge in [-0.1, -0.05) is 0 Å². The molecule has 2 amide bonds. The molecule has 0 bridgehead atoms. The zero-order valence-electron chi connectivity index (χ0n) is 8.99. The first-order valence-electron chi connectivity index (χ1n) is 5.26. The Hall–Kier alpha value is -1.85. The average Bonchev–Trinajstić information content (AvgIpc) is 2.87. The summed E-state index contributed by atoms with van der Waals surface area (Å²) in [6.07, 6.45) is 4.33. The number of nitrogens with zero attached hydrogens (tertiary/aromatic N) is 1. The zero-order chi connectivity index (χ0) is 11.5. The smallest absolute Gasteiger partial charge is 0.243 e. The van der Waals surface area contributed by atoms with Crippen LogP contribution < -0.4 is 10.6 Å². The Morgan fingerprint density at radius 2 is 2.50 bits per heavy atom. The van der Waals surface area contributed by atoms with Crippen LogP contribution in [0.5, 0.6) is 0 Å². The summed E-state index contributed by atoms with van der Waals surface area (Å²) in [4.78, 5) is 29.7. The number of rotatable bonds is 3. The summed E-state index contributed by atoms with van der Waals surface area (Å²) < 4.78 is 0. The van der Waals surface area contributed by atoms with E-state index < -0.39 is 6.04 Å². The largest absolute Gasteiger partial charge is 0.347 e.